The van der Waals surface area contributed by atoms with Crippen LogP contribution in [0.1, 0.15) is 56.4 Å². The van der Waals surface area contributed by atoms with Gasteiger partial charge in [-0.25, -0.2) is 17.5 Å². The lowest BCUT2D eigenvalue weighted by Gasteiger charge is -2.45. The smallest absolute Gasteiger partial charge is 0.178 e. The second-order valence-corrected chi connectivity index (χ2v) is 12.0. The molecule has 1 aromatic heterocycles. The number of nitrogens with zero attached hydrogens (tertiary/aromatic N) is 2. The SMILES string of the molecule is CC[C@]12Cc3cnn(-c4ccc(F)cc4)c3C=C1CC[C@@]2(O)CCc1ccccc1S(=O)(=O)CC. The van der Waals surface area contributed by atoms with Gasteiger partial charge in [0.1, 0.15) is 5.82 Å². The van der Waals surface area contributed by atoms with E-state index in [1.54, 1.807) is 31.2 Å². The van der Waals surface area contributed by atoms with Crippen LogP contribution in [-0.4, -0.2) is 34.7 Å². The number of sulfone groups is 1. The summed E-state index contributed by atoms with van der Waals surface area (Å²) in [6.45, 7) is 3.78. The van der Waals surface area contributed by atoms with E-state index in [9.17, 15) is 17.9 Å². The maximum atomic E-state index is 13.4. The van der Waals surface area contributed by atoms with Crippen molar-refractivity contribution in [2.45, 2.75) is 62.9 Å². The van der Waals surface area contributed by atoms with E-state index in [0.29, 0.717) is 30.6 Å². The van der Waals surface area contributed by atoms with E-state index >= 15 is 0 Å². The zero-order valence-corrected chi connectivity index (χ0v) is 21.0. The molecule has 0 aliphatic heterocycles. The van der Waals surface area contributed by atoms with E-state index in [0.717, 1.165) is 35.3 Å². The van der Waals surface area contributed by atoms with Crippen LogP contribution in [0.3, 0.4) is 0 Å². The third-order valence-corrected chi connectivity index (χ3v) is 10.0. The van der Waals surface area contributed by atoms with Gasteiger partial charge in [-0.2, -0.15) is 5.10 Å². The molecule has 5 nitrogen and oxygen atoms in total. The number of aromatic nitrogens is 2. The fourth-order valence-corrected chi connectivity index (χ4v) is 7.29. The average molecular weight is 495 g/mol. The van der Waals surface area contributed by atoms with Crippen LogP contribution in [0, 0.1) is 11.2 Å². The fourth-order valence-electron chi connectivity index (χ4n) is 6.12. The van der Waals surface area contributed by atoms with Crippen molar-refractivity contribution in [1.82, 2.24) is 9.78 Å². The van der Waals surface area contributed by atoms with Crippen molar-refractivity contribution < 1.29 is 17.9 Å². The first kappa shape index (κ1) is 23.9. The van der Waals surface area contributed by atoms with Gasteiger partial charge in [0.15, 0.2) is 9.84 Å². The normalized spacial score (nSPS) is 23.6. The van der Waals surface area contributed by atoms with Crippen LogP contribution in [0.5, 0.6) is 0 Å². The zero-order chi connectivity index (χ0) is 24.8. The summed E-state index contributed by atoms with van der Waals surface area (Å²) in [5.41, 5.74) is 3.49. The molecule has 2 aliphatic rings. The molecule has 3 aromatic rings. The highest BCUT2D eigenvalue weighted by Crippen LogP contribution is 2.59. The Morgan fingerprint density at radius 3 is 2.57 bits per heavy atom. The number of aryl methyl sites for hydroxylation is 1. The summed E-state index contributed by atoms with van der Waals surface area (Å²) in [6.07, 6.45) is 7.90. The lowest BCUT2D eigenvalue weighted by Crippen LogP contribution is -2.47. The standard InChI is InChI=1S/C28H31FN2O3S/c1-3-27-18-21-19-30-31(24-11-9-23(29)10-12-24)25(21)17-22(27)14-16-28(27,32)15-13-20-7-5-6-8-26(20)35(33,34)4-2/h5-12,17,19,32H,3-4,13-16,18H2,1-2H3/t27-,28-/m0/s1. The molecular formula is C28H31FN2O3S. The zero-order valence-electron chi connectivity index (χ0n) is 20.2. The molecule has 0 amide bonds. The molecular weight excluding hydrogens is 463 g/mol. The molecule has 1 saturated carbocycles. The van der Waals surface area contributed by atoms with Crippen molar-refractivity contribution in [3.05, 3.63) is 82.9 Å². The van der Waals surface area contributed by atoms with Gasteiger partial charge < -0.3 is 5.11 Å². The number of benzene rings is 2. The minimum absolute atomic E-state index is 0.0564. The van der Waals surface area contributed by atoms with Gasteiger partial charge >= 0.3 is 0 Å². The molecule has 2 aromatic carbocycles. The Labute approximate surface area is 206 Å². The molecule has 0 bridgehead atoms. The molecule has 2 atom stereocenters. The highest BCUT2D eigenvalue weighted by atomic mass is 32.2. The van der Waals surface area contributed by atoms with Crippen molar-refractivity contribution in [2.75, 3.05) is 5.75 Å². The highest BCUT2D eigenvalue weighted by molar-refractivity contribution is 7.91. The quantitative estimate of drug-likeness (QED) is 0.484. The predicted octanol–water partition coefficient (Wildman–Crippen LogP) is 5.30. The number of hydrogen-bond acceptors (Lipinski definition) is 4. The van der Waals surface area contributed by atoms with Crippen molar-refractivity contribution >= 4 is 15.9 Å². The van der Waals surface area contributed by atoms with Crippen molar-refractivity contribution in [3.8, 4) is 5.69 Å². The first-order valence-electron chi connectivity index (χ1n) is 12.3. The Hall–Kier alpha value is -2.77. The van der Waals surface area contributed by atoms with Crippen molar-refractivity contribution in [1.29, 1.82) is 0 Å². The Balaban J connectivity index is 1.47. The van der Waals surface area contributed by atoms with Crippen molar-refractivity contribution in [2.24, 2.45) is 5.41 Å². The minimum atomic E-state index is -3.33. The van der Waals surface area contributed by atoms with Gasteiger partial charge in [-0.15, -0.1) is 0 Å². The fraction of sp³-hybridized carbons (Fsp3) is 0.393. The van der Waals surface area contributed by atoms with E-state index in [4.69, 9.17) is 0 Å². The molecule has 1 fully saturated rings. The van der Waals surface area contributed by atoms with E-state index in [1.165, 1.54) is 17.7 Å². The third-order valence-electron chi connectivity index (χ3n) is 8.17. The summed E-state index contributed by atoms with van der Waals surface area (Å²) in [5.74, 6) is -0.228. The predicted molar refractivity (Wildman–Crippen MR) is 135 cm³/mol. The number of rotatable bonds is 7. The van der Waals surface area contributed by atoms with Gasteiger partial charge in [0, 0.05) is 5.41 Å². The first-order chi connectivity index (χ1) is 16.7. The summed E-state index contributed by atoms with van der Waals surface area (Å²) in [4.78, 5) is 0.372. The lowest BCUT2D eigenvalue weighted by molar-refractivity contribution is -0.0569. The van der Waals surface area contributed by atoms with Gasteiger partial charge in [0.25, 0.3) is 0 Å². The van der Waals surface area contributed by atoms with Crippen LogP contribution in [0.15, 0.2) is 65.2 Å². The second-order valence-electron chi connectivity index (χ2n) is 9.77. The number of fused-ring (bicyclic) bond motifs is 2. The average Bonchev–Trinajstić information content (AvgIpc) is 3.40. The van der Waals surface area contributed by atoms with Crippen LogP contribution < -0.4 is 0 Å². The summed E-state index contributed by atoms with van der Waals surface area (Å²) in [7, 11) is -3.33. The van der Waals surface area contributed by atoms with Crippen LogP contribution in [0.25, 0.3) is 11.8 Å². The first-order valence-corrected chi connectivity index (χ1v) is 14.0. The molecule has 0 saturated heterocycles. The monoisotopic (exact) mass is 494 g/mol. The molecule has 35 heavy (non-hydrogen) atoms. The van der Waals surface area contributed by atoms with E-state index in [2.05, 4.69) is 18.1 Å². The number of aliphatic hydroxyl groups is 1. The van der Waals surface area contributed by atoms with Crippen LogP contribution in [-0.2, 0) is 22.7 Å². The third kappa shape index (κ3) is 3.85. The molecule has 0 radical (unpaired) electrons. The lowest BCUT2D eigenvalue weighted by atomic mass is 9.63. The Morgan fingerprint density at radius 1 is 1.11 bits per heavy atom. The molecule has 7 heteroatoms. The molecule has 2 aliphatic carbocycles. The Morgan fingerprint density at radius 2 is 1.86 bits per heavy atom. The minimum Gasteiger partial charge on any atom is -0.389 e. The molecule has 0 unspecified atom stereocenters. The molecule has 0 spiro atoms. The highest BCUT2D eigenvalue weighted by Gasteiger charge is 2.56. The van der Waals surface area contributed by atoms with E-state index in [1.807, 2.05) is 23.0 Å². The maximum Gasteiger partial charge on any atom is 0.178 e. The van der Waals surface area contributed by atoms with Gasteiger partial charge in [-0.3, -0.25) is 0 Å². The van der Waals surface area contributed by atoms with E-state index < -0.39 is 20.9 Å². The van der Waals surface area contributed by atoms with E-state index in [-0.39, 0.29) is 11.6 Å². The maximum absolute atomic E-state index is 13.4. The van der Waals surface area contributed by atoms with Crippen LogP contribution >= 0.6 is 0 Å². The topological polar surface area (TPSA) is 72.2 Å². The van der Waals surface area contributed by atoms with Gasteiger partial charge in [-0.05, 0) is 86.1 Å². The van der Waals surface area contributed by atoms with Crippen LogP contribution in [0.4, 0.5) is 4.39 Å². The number of hydrogen-bond donors (Lipinski definition) is 1. The largest absolute Gasteiger partial charge is 0.389 e. The molecule has 5 rings (SSSR count). The summed E-state index contributed by atoms with van der Waals surface area (Å²) in [5, 5.41) is 16.7. The summed E-state index contributed by atoms with van der Waals surface area (Å²) >= 11 is 0. The molecule has 1 N–H and O–H groups in total. The molecule has 184 valence electrons. The number of halogens is 1. The summed E-state index contributed by atoms with van der Waals surface area (Å²) in [6, 6.07) is 13.4. The van der Waals surface area contributed by atoms with Crippen LogP contribution in [0.2, 0.25) is 0 Å². The summed E-state index contributed by atoms with van der Waals surface area (Å²) < 4.78 is 40.5. The van der Waals surface area contributed by atoms with Gasteiger partial charge in [0.2, 0.25) is 0 Å². The van der Waals surface area contributed by atoms with Gasteiger partial charge in [-0.1, -0.05) is 37.6 Å². The molecule has 1 heterocycles. The second kappa shape index (κ2) is 8.71. The van der Waals surface area contributed by atoms with Crippen molar-refractivity contribution in [3.63, 3.8) is 0 Å². The Bertz CT molecular complexity index is 1390. The van der Waals surface area contributed by atoms with Gasteiger partial charge in [0.05, 0.1) is 33.8 Å². The Kier molecular flexibility index (Phi) is 5.96.